The van der Waals surface area contributed by atoms with Crippen LogP contribution in [0.3, 0.4) is 0 Å². The number of carboxylic acids is 1. The zero-order chi connectivity index (χ0) is 13.9. The summed E-state index contributed by atoms with van der Waals surface area (Å²) in [6.45, 7) is 3.43. The lowest BCUT2D eigenvalue weighted by Crippen LogP contribution is -2.44. The Morgan fingerprint density at radius 3 is 2.28 bits per heavy atom. The number of carbonyl (C=O) groups is 2. The average Bonchev–Trinajstić information content (AvgIpc) is 2.28. The molecule has 1 unspecified atom stereocenters. The van der Waals surface area contributed by atoms with E-state index in [4.69, 9.17) is 28.3 Å². The number of carbonyl (C=O) groups excluding carboxylic acids is 1. The first-order chi connectivity index (χ1) is 8.32. The molecular formula is C12H13Cl2NO3. The first-order valence-corrected chi connectivity index (χ1v) is 6.07. The zero-order valence-corrected chi connectivity index (χ0v) is 11.4. The number of halogens is 2. The molecule has 0 heterocycles. The molecule has 0 spiro atoms. The molecule has 0 fully saturated rings. The van der Waals surface area contributed by atoms with Gasteiger partial charge in [-0.25, -0.2) is 4.79 Å². The molecule has 0 aliphatic rings. The van der Waals surface area contributed by atoms with Crippen LogP contribution in [0.15, 0.2) is 18.2 Å². The largest absolute Gasteiger partial charge is 0.480 e. The van der Waals surface area contributed by atoms with E-state index in [-0.39, 0.29) is 16.5 Å². The number of aliphatic carboxylic acids is 1. The standard InChI is InChI=1S/C12H13Cl2NO3/c1-6(2)10(12(17)18)15-11(16)7-3-4-8(13)9(14)5-7/h3-6,10H,1-2H3,(H,15,16)(H,17,18). The first kappa shape index (κ1) is 14.8. The number of hydrogen-bond acceptors (Lipinski definition) is 2. The molecule has 4 nitrogen and oxygen atoms in total. The molecule has 98 valence electrons. The first-order valence-electron chi connectivity index (χ1n) is 5.31. The third-order valence-corrected chi connectivity index (χ3v) is 3.14. The van der Waals surface area contributed by atoms with Crippen LogP contribution in [0.5, 0.6) is 0 Å². The van der Waals surface area contributed by atoms with Gasteiger partial charge in [-0.05, 0) is 24.1 Å². The van der Waals surface area contributed by atoms with Crippen LogP contribution in [0.1, 0.15) is 24.2 Å². The average molecular weight is 290 g/mol. The predicted molar refractivity (Wildman–Crippen MR) is 70.2 cm³/mol. The van der Waals surface area contributed by atoms with Gasteiger partial charge < -0.3 is 10.4 Å². The fraction of sp³-hybridized carbons (Fsp3) is 0.333. The van der Waals surface area contributed by atoms with Gasteiger partial charge in [0.15, 0.2) is 0 Å². The van der Waals surface area contributed by atoms with Gasteiger partial charge in [0.05, 0.1) is 10.0 Å². The van der Waals surface area contributed by atoms with Gasteiger partial charge in [-0.3, -0.25) is 4.79 Å². The van der Waals surface area contributed by atoms with Crippen LogP contribution in [-0.4, -0.2) is 23.0 Å². The van der Waals surface area contributed by atoms with E-state index in [0.717, 1.165) is 0 Å². The van der Waals surface area contributed by atoms with Crippen LogP contribution >= 0.6 is 23.2 Å². The molecule has 1 amide bonds. The fourth-order valence-corrected chi connectivity index (χ4v) is 1.67. The van der Waals surface area contributed by atoms with Crippen molar-refractivity contribution in [1.82, 2.24) is 5.32 Å². The summed E-state index contributed by atoms with van der Waals surface area (Å²) in [6.07, 6.45) is 0. The third-order valence-electron chi connectivity index (χ3n) is 2.40. The summed E-state index contributed by atoms with van der Waals surface area (Å²) in [6, 6.07) is 3.44. The number of nitrogens with one attached hydrogen (secondary N) is 1. The van der Waals surface area contributed by atoms with Crippen molar-refractivity contribution in [2.24, 2.45) is 5.92 Å². The monoisotopic (exact) mass is 289 g/mol. The number of rotatable bonds is 4. The van der Waals surface area contributed by atoms with Gasteiger partial charge in [-0.2, -0.15) is 0 Å². The van der Waals surface area contributed by atoms with Gasteiger partial charge in [0.1, 0.15) is 6.04 Å². The van der Waals surface area contributed by atoms with Crippen molar-refractivity contribution in [3.63, 3.8) is 0 Å². The maximum atomic E-state index is 11.9. The summed E-state index contributed by atoms with van der Waals surface area (Å²) in [4.78, 5) is 22.8. The smallest absolute Gasteiger partial charge is 0.326 e. The Hall–Kier alpha value is -1.26. The second-order valence-corrected chi connectivity index (χ2v) is 4.98. The van der Waals surface area contributed by atoms with Crippen molar-refractivity contribution in [3.8, 4) is 0 Å². The Balaban J connectivity index is 2.87. The van der Waals surface area contributed by atoms with Crippen LogP contribution in [0, 0.1) is 5.92 Å². The van der Waals surface area contributed by atoms with E-state index < -0.39 is 17.9 Å². The van der Waals surface area contributed by atoms with Crippen molar-refractivity contribution >= 4 is 35.1 Å². The minimum absolute atomic E-state index is 0.214. The molecule has 0 saturated carbocycles. The number of benzene rings is 1. The molecule has 0 radical (unpaired) electrons. The fourth-order valence-electron chi connectivity index (χ4n) is 1.38. The lowest BCUT2D eigenvalue weighted by atomic mass is 10.0. The Kier molecular flexibility index (Phi) is 4.99. The third kappa shape index (κ3) is 3.62. The van der Waals surface area contributed by atoms with Crippen LogP contribution in [0.4, 0.5) is 0 Å². The Labute approximate surface area is 115 Å². The van der Waals surface area contributed by atoms with Gasteiger partial charge in [0.25, 0.3) is 5.91 Å². The van der Waals surface area contributed by atoms with Gasteiger partial charge in [0, 0.05) is 5.56 Å². The molecule has 0 saturated heterocycles. The molecule has 0 bridgehead atoms. The molecule has 0 aromatic heterocycles. The predicted octanol–water partition coefficient (Wildman–Crippen LogP) is 2.83. The molecular weight excluding hydrogens is 277 g/mol. The van der Waals surface area contributed by atoms with E-state index in [2.05, 4.69) is 5.32 Å². The molecule has 18 heavy (non-hydrogen) atoms. The maximum Gasteiger partial charge on any atom is 0.326 e. The molecule has 6 heteroatoms. The highest BCUT2D eigenvalue weighted by atomic mass is 35.5. The van der Waals surface area contributed by atoms with Crippen molar-refractivity contribution in [3.05, 3.63) is 33.8 Å². The minimum Gasteiger partial charge on any atom is -0.480 e. The van der Waals surface area contributed by atoms with Gasteiger partial charge in [-0.1, -0.05) is 37.0 Å². The molecule has 1 aromatic carbocycles. The van der Waals surface area contributed by atoms with Crippen molar-refractivity contribution in [2.75, 3.05) is 0 Å². The molecule has 0 aliphatic heterocycles. The maximum absolute atomic E-state index is 11.9. The zero-order valence-electron chi connectivity index (χ0n) is 9.91. The van der Waals surface area contributed by atoms with Crippen molar-refractivity contribution in [2.45, 2.75) is 19.9 Å². The normalized spacial score (nSPS) is 12.3. The van der Waals surface area contributed by atoms with Crippen molar-refractivity contribution in [1.29, 1.82) is 0 Å². The van der Waals surface area contributed by atoms with E-state index >= 15 is 0 Å². The number of hydrogen-bond donors (Lipinski definition) is 2. The molecule has 0 aliphatic carbocycles. The summed E-state index contributed by atoms with van der Waals surface area (Å²) in [5.41, 5.74) is 0.274. The highest BCUT2D eigenvalue weighted by molar-refractivity contribution is 6.42. The van der Waals surface area contributed by atoms with Crippen LogP contribution < -0.4 is 5.32 Å². The second-order valence-electron chi connectivity index (χ2n) is 4.16. The highest BCUT2D eigenvalue weighted by Crippen LogP contribution is 2.22. The Morgan fingerprint density at radius 1 is 1.22 bits per heavy atom. The molecule has 1 rings (SSSR count). The highest BCUT2D eigenvalue weighted by Gasteiger charge is 2.24. The minimum atomic E-state index is -1.07. The van der Waals surface area contributed by atoms with Gasteiger partial charge >= 0.3 is 5.97 Å². The molecule has 2 N–H and O–H groups in total. The summed E-state index contributed by atoms with van der Waals surface area (Å²) >= 11 is 11.5. The lowest BCUT2D eigenvalue weighted by molar-refractivity contribution is -0.140. The number of amides is 1. The summed E-state index contributed by atoms with van der Waals surface area (Å²) in [7, 11) is 0. The second kappa shape index (κ2) is 6.07. The number of carboxylic acid groups (broad SMARTS) is 1. The van der Waals surface area contributed by atoms with E-state index in [9.17, 15) is 9.59 Å². The van der Waals surface area contributed by atoms with Crippen molar-refractivity contribution < 1.29 is 14.7 Å². The van der Waals surface area contributed by atoms with Crippen LogP contribution in [0.2, 0.25) is 10.0 Å². The summed E-state index contributed by atoms with van der Waals surface area (Å²) in [5, 5.41) is 12.0. The van der Waals surface area contributed by atoms with Crippen LogP contribution in [0.25, 0.3) is 0 Å². The van der Waals surface area contributed by atoms with E-state index in [1.165, 1.54) is 18.2 Å². The topological polar surface area (TPSA) is 66.4 Å². The Morgan fingerprint density at radius 2 is 1.83 bits per heavy atom. The summed E-state index contributed by atoms with van der Waals surface area (Å²) in [5.74, 6) is -1.78. The van der Waals surface area contributed by atoms with Gasteiger partial charge in [0.2, 0.25) is 0 Å². The van der Waals surface area contributed by atoms with E-state index in [0.29, 0.717) is 5.02 Å². The molecule has 1 aromatic rings. The summed E-state index contributed by atoms with van der Waals surface area (Å²) < 4.78 is 0. The quantitative estimate of drug-likeness (QED) is 0.896. The molecule has 1 atom stereocenters. The Bertz CT molecular complexity index is 474. The van der Waals surface area contributed by atoms with Crippen LogP contribution in [-0.2, 0) is 4.79 Å². The van der Waals surface area contributed by atoms with E-state index in [1.54, 1.807) is 13.8 Å². The lowest BCUT2D eigenvalue weighted by Gasteiger charge is -2.17. The SMILES string of the molecule is CC(C)C(NC(=O)c1ccc(Cl)c(Cl)c1)C(=O)O. The van der Waals surface area contributed by atoms with E-state index in [1.807, 2.05) is 0 Å². The van der Waals surface area contributed by atoms with Gasteiger partial charge in [-0.15, -0.1) is 0 Å².